The van der Waals surface area contributed by atoms with E-state index in [0.717, 1.165) is 26.4 Å². The number of thiazole rings is 1. The zero-order valence-corrected chi connectivity index (χ0v) is 18.7. The number of aryl methyl sites for hydroxylation is 1. The summed E-state index contributed by atoms with van der Waals surface area (Å²) in [6, 6.07) is 14.4. The van der Waals surface area contributed by atoms with Gasteiger partial charge in [-0.25, -0.2) is 15.0 Å². The van der Waals surface area contributed by atoms with Gasteiger partial charge in [0, 0.05) is 35.6 Å². The molecule has 0 radical (unpaired) electrons. The zero-order chi connectivity index (χ0) is 23.2. The van der Waals surface area contributed by atoms with E-state index in [-0.39, 0.29) is 16.5 Å². The smallest absolute Gasteiger partial charge is 0.248 e. The van der Waals surface area contributed by atoms with Gasteiger partial charge in [0.05, 0.1) is 32.4 Å². The van der Waals surface area contributed by atoms with E-state index in [1.54, 1.807) is 30.7 Å². The Morgan fingerprint density at radius 3 is 2.68 bits per heavy atom. The van der Waals surface area contributed by atoms with Gasteiger partial charge in [0.15, 0.2) is 11.2 Å². The van der Waals surface area contributed by atoms with Gasteiger partial charge in [-0.1, -0.05) is 18.2 Å². The molecule has 5 heterocycles. The van der Waals surface area contributed by atoms with Gasteiger partial charge in [-0.05, 0) is 31.2 Å². The molecule has 8 nitrogen and oxygen atoms in total. The maximum Gasteiger partial charge on any atom is 0.248 e. The third kappa shape index (κ3) is 3.39. The van der Waals surface area contributed by atoms with Gasteiger partial charge < -0.3 is 9.97 Å². The predicted octanol–water partition coefficient (Wildman–Crippen LogP) is 4.32. The Morgan fingerprint density at radius 2 is 1.85 bits per heavy atom. The molecule has 0 saturated carbocycles. The predicted molar refractivity (Wildman–Crippen MR) is 133 cm³/mol. The Bertz CT molecular complexity index is 1840. The minimum absolute atomic E-state index is 0.188. The maximum absolute atomic E-state index is 13.4. The molecule has 0 spiro atoms. The van der Waals surface area contributed by atoms with Crippen molar-refractivity contribution in [3.8, 4) is 33.1 Å². The van der Waals surface area contributed by atoms with E-state index in [2.05, 4.69) is 19.9 Å². The van der Waals surface area contributed by atoms with Gasteiger partial charge in [0.2, 0.25) is 11.0 Å². The molecule has 6 rings (SSSR count). The van der Waals surface area contributed by atoms with Crippen molar-refractivity contribution in [3.05, 3.63) is 92.7 Å². The second kappa shape index (κ2) is 7.82. The topological polar surface area (TPSA) is 117 Å². The van der Waals surface area contributed by atoms with Gasteiger partial charge in [0.25, 0.3) is 0 Å². The Hall–Kier alpha value is -4.50. The fourth-order valence-electron chi connectivity index (χ4n) is 3.90. The van der Waals surface area contributed by atoms with E-state index in [9.17, 15) is 9.59 Å². The SMILES string of the molecule is Cc1ncc(-c2nc3[nH]cc(-c4cccc(=O)[nH]4)c(=O)c3nc2-c2ccc3ncccc3c2)s1. The minimum atomic E-state index is -0.321. The zero-order valence-electron chi connectivity index (χ0n) is 17.9. The van der Waals surface area contributed by atoms with E-state index in [1.807, 2.05) is 37.3 Å². The lowest BCUT2D eigenvalue weighted by Crippen LogP contribution is -2.13. The highest BCUT2D eigenvalue weighted by Crippen LogP contribution is 2.34. The summed E-state index contributed by atoms with van der Waals surface area (Å²) in [5.41, 5.74) is 3.56. The molecular weight excluding hydrogens is 448 g/mol. The van der Waals surface area contributed by atoms with E-state index >= 15 is 0 Å². The highest BCUT2D eigenvalue weighted by Gasteiger charge is 2.19. The van der Waals surface area contributed by atoms with Gasteiger partial charge in [-0.2, -0.15) is 0 Å². The van der Waals surface area contributed by atoms with Gasteiger partial charge in [0.1, 0.15) is 5.69 Å². The number of fused-ring (bicyclic) bond motifs is 2. The lowest BCUT2D eigenvalue weighted by molar-refractivity contribution is 1.19. The Morgan fingerprint density at radius 1 is 0.941 bits per heavy atom. The molecular formula is C25H16N6O2S. The fourth-order valence-corrected chi connectivity index (χ4v) is 4.67. The average Bonchev–Trinajstić information content (AvgIpc) is 3.29. The molecule has 164 valence electrons. The lowest BCUT2D eigenvalue weighted by atomic mass is 10.1. The van der Waals surface area contributed by atoms with Crippen LogP contribution in [-0.4, -0.2) is 29.9 Å². The van der Waals surface area contributed by atoms with Crippen molar-refractivity contribution in [2.45, 2.75) is 6.92 Å². The second-order valence-electron chi connectivity index (χ2n) is 7.73. The average molecular weight is 465 g/mol. The van der Waals surface area contributed by atoms with Crippen LogP contribution in [0.4, 0.5) is 0 Å². The van der Waals surface area contributed by atoms with Crippen molar-refractivity contribution in [1.82, 2.24) is 29.9 Å². The molecule has 0 saturated heterocycles. The molecule has 0 aliphatic heterocycles. The van der Waals surface area contributed by atoms with Crippen LogP contribution in [0.25, 0.3) is 55.2 Å². The number of aromatic nitrogens is 6. The summed E-state index contributed by atoms with van der Waals surface area (Å²) in [5.74, 6) is 0. The number of hydrogen-bond acceptors (Lipinski definition) is 7. The van der Waals surface area contributed by atoms with Crippen molar-refractivity contribution in [1.29, 1.82) is 0 Å². The number of hydrogen-bond donors (Lipinski definition) is 2. The highest BCUT2D eigenvalue weighted by atomic mass is 32.1. The highest BCUT2D eigenvalue weighted by molar-refractivity contribution is 7.15. The first-order valence-electron chi connectivity index (χ1n) is 10.5. The largest absolute Gasteiger partial charge is 0.344 e. The van der Waals surface area contributed by atoms with Crippen molar-refractivity contribution >= 4 is 33.4 Å². The van der Waals surface area contributed by atoms with Crippen molar-refractivity contribution in [3.63, 3.8) is 0 Å². The summed E-state index contributed by atoms with van der Waals surface area (Å²) in [5, 5.41) is 1.86. The standard InChI is InChI=1S/C25H16N6O2S/c1-13-27-12-19(34-13)22-21(15-7-8-17-14(10-15)4-3-9-26-17)30-23-24(33)16(11-28-25(23)31-22)18-5-2-6-20(32)29-18/h2-12H,1H3,(H,29,32)(H,28,31,33). The molecule has 0 unspecified atom stereocenters. The summed E-state index contributed by atoms with van der Waals surface area (Å²) >= 11 is 1.51. The van der Waals surface area contributed by atoms with Crippen LogP contribution in [0.3, 0.4) is 0 Å². The van der Waals surface area contributed by atoms with Gasteiger partial charge >= 0.3 is 0 Å². The Kier molecular flexibility index (Phi) is 4.63. The molecule has 9 heteroatoms. The van der Waals surface area contributed by atoms with E-state index in [4.69, 9.17) is 9.97 Å². The summed E-state index contributed by atoms with van der Waals surface area (Å²) in [6.45, 7) is 1.93. The van der Waals surface area contributed by atoms with E-state index in [1.165, 1.54) is 17.4 Å². The van der Waals surface area contributed by atoms with Crippen molar-refractivity contribution in [2.75, 3.05) is 0 Å². The van der Waals surface area contributed by atoms with Crippen LogP contribution in [-0.2, 0) is 0 Å². The van der Waals surface area contributed by atoms with Gasteiger partial charge in [-0.3, -0.25) is 14.6 Å². The molecule has 0 fully saturated rings. The molecule has 0 aliphatic carbocycles. The third-order valence-corrected chi connectivity index (χ3v) is 6.42. The molecule has 34 heavy (non-hydrogen) atoms. The molecule has 0 bridgehead atoms. The summed E-state index contributed by atoms with van der Waals surface area (Å²) in [4.78, 5) is 50.2. The van der Waals surface area contributed by atoms with Crippen LogP contribution >= 0.6 is 11.3 Å². The quantitative estimate of drug-likeness (QED) is 0.403. The van der Waals surface area contributed by atoms with Crippen LogP contribution in [0, 0.1) is 6.92 Å². The summed E-state index contributed by atoms with van der Waals surface area (Å²) in [7, 11) is 0. The van der Waals surface area contributed by atoms with Crippen LogP contribution < -0.4 is 11.0 Å². The number of rotatable bonds is 3. The van der Waals surface area contributed by atoms with Crippen molar-refractivity contribution < 1.29 is 0 Å². The molecule has 1 aromatic carbocycles. The molecule has 5 aromatic heterocycles. The monoisotopic (exact) mass is 464 g/mol. The van der Waals surface area contributed by atoms with Crippen LogP contribution in [0.1, 0.15) is 5.01 Å². The fraction of sp³-hybridized carbons (Fsp3) is 0.0400. The van der Waals surface area contributed by atoms with Crippen LogP contribution in [0.5, 0.6) is 0 Å². The molecule has 0 atom stereocenters. The normalized spacial score (nSPS) is 11.3. The molecule has 2 N–H and O–H groups in total. The van der Waals surface area contributed by atoms with E-state index in [0.29, 0.717) is 28.3 Å². The second-order valence-corrected chi connectivity index (χ2v) is 8.97. The molecule has 0 aliphatic rings. The summed E-state index contributed by atoms with van der Waals surface area (Å²) in [6.07, 6.45) is 5.06. The maximum atomic E-state index is 13.4. The lowest BCUT2D eigenvalue weighted by Gasteiger charge is -2.10. The third-order valence-electron chi connectivity index (χ3n) is 5.50. The Labute approximate surface area is 196 Å². The number of nitrogens with one attached hydrogen (secondary N) is 2. The van der Waals surface area contributed by atoms with E-state index < -0.39 is 0 Å². The molecule has 6 aromatic rings. The molecule has 0 amide bonds. The van der Waals surface area contributed by atoms with Crippen LogP contribution in [0.15, 0.2) is 76.7 Å². The first-order valence-corrected chi connectivity index (χ1v) is 11.3. The number of pyridine rings is 3. The number of aromatic amines is 2. The number of benzene rings is 1. The minimum Gasteiger partial charge on any atom is -0.344 e. The number of nitrogens with zero attached hydrogens (tertiary/aromatic N) is 4. The first kappa shape index (κ1) is 20.1. The number of H-pyrrole nitrogens is 2. The van der Waals surface area contributed by atoms with Crippen LogP contribution in [0.2, 0.25) is 0 Å². The summed E-state index contributed by atoms with van der Waals surface area (Å²) < 4.78 is 0. The van der Waals surface area contributed by atoms with Crippen molar-refractivity contribution in [2.24, 2.45) is 0 Å². The first-order chi connectivity index (χ1) is 16.6. The Balaban J connectivity index is 1.65. The van der Waals surface area contributed by atoms with Gasteiger partial charge in [-0.15, -0.1) is 11.3 Å².